The van der Waals surface area contributed by atoms with Gasteiger partial charge in [0.1, 0.15) is 5.82 Å². The fourth-order valence-electron chi connectivity index (χ4n) is 1.72. The zero-order chi connectivity index (χ0) is 16.7. The van der Waals surface area contributed by atoms with Crippen molar-refractivity contribution in [3.05, 3.63) is 30.1 Å². The van der Waals surface area contributed by atoms with Crippen molar-refractivity contribution in [1.29, 1.82) is 0 Å². The second-order valence-electron chi connectivity index (χ2n) is 4.26. The van der Waals surface area contributed by atoms with E-state index in [1.807, 2.05) is 0 Å². The number of carbonyl (C=O) groups is 2. The normalized spacial score (nSPS) is 19.3. The SMILES string of the molecule is CN1C(=O)/C(=N\C(Cl)C(Cl)(Cl)Cl)N(c2ccccc2F)C1=O. The van der Waals surface area contributed by atoms with Crippen molar-refractivity contribution >= 4 is 69.9 Å². The highest BCUT2D eigenvalue weighted by molar-refractivity contribution is 6.70. The fourth-order valence-corrected chi connectivity index (χ4v) is 1.96. The van der Waals surface area contributed by atoms with E-state index in [1.54, 1.807) is 0 Å². The Labute approximate surface area is 145 Å². The van der Waals surface area contributed by atoms with Crippen molar-refractivity contribution in [2.24, 2.45) is 4.99 Å². The number of amides is 3. The lowest BCUT2D eigenvalue weighted by atomic mass is 10.3. The second kappa shape index (κ2) is 6.20. The van der Waals surface area contributed by atoms with Gasteiger partial charge in [-0.25, -0.2) is 19.1 Å². The lowest BCUT2D eigenvalue weighted by molar-refractivity contribution is -0.119. The Hall–Kier alpha value is -1.08. The van der Waals surface area contributed by atoms with Gasteiger partial charge in [-0.05, 0) is 12.1 Å². The number of aliphatic imine (C=N–C) groups is 1. The summed E-state index contributed by atoms with van der Waals surface area (Å²) in [4.78, 5) is 29.5. The van der Waals surface area contributed by atoms with Crippen LogP contribution in [0.1, 0.15) is 0 Å². The maximum Gasteiger partial charge on any atom is 0.337 e. The van der Waals surface area contributed by atoms with Crippen molar-refractivity contribution in [3.8, 4) is 0 Å². The number of para-hydroxylation sites is 1. The number of halogens is 5. The van der Waals surface area contributed by atoms with Crippen LogP contribution in [0.15, 0.2) is 29.3 Å². The van der Waals surface area contributed by atoms with Gasteiger partial charge < -0.3 is 0 Å². The van der Waals surface area contributed by atoms with Crippen LogP contribution < -0.4 is 4.90 Å². The highest BCUT2D eigenvalue weighted by Gasteiger charge is 2.44. The lowest BCUT2D eigenvalue weighted by Gasteiger charge is -2.18. The summed E-state index contributed by atoms with van der Waals surface area (Å²) in [5, 5.41) is 0. The van der Waals surface area contributed by atoms with Crippen molar-refractivity contribution in [1.82, 2.24) is 4.90 Å². The molecule has 0 saturated carbocycles. The average Bonchev–Trinajstić information content (AvgIpc) is 2.63. The van der Waals surface area contributed by atoms with Crippen molar-refractivity contribution < 1.29 is 14.0 Å². The van der Waals surface area contributed by atoms with Crippen LogP contribution in [0.25, 0.3) is 0 Å². The molecule has 0 N–H and O–H groups in total. The molecule has 10 heteroatoms. The van der Waals surface area contributed by atoms with Crippen LogP contribution in [-0.4, -0.2) is 39.0 Å². The van der Waals surface area contributed by atoms with Gasteiger partial charge in [0.2, 0.25) is 9.63 Å². The molecular formula is C12H8Cl4FN3O2. The molecule has 1 aromatic carbocycles. The average molecular weight is 387 g/mol. The predicted molar refractivity (Wildman–Crippen MR) is 84.4 cm³/mol. The summed E-state index contributed by atoms with van der Waals surface area (Å²) in [6.45, 7) is 0. The first-order valence-electron chi connectivity index (χ1n) is 5.80. The zero-order valence-electron chi connectivity index (χ0n) is 10.9. The van der Waals surface area contributed by atoms with Crippen LogP contribution in [0, 0.1) is 5.82 Å². The first-order chi connectivity index (χ1) is 10.1. The molecule has 1 fully saturated rings. The van der Waals surface area contributed by atoms with Gasteiger partial charge in [-0.2, -0.15) is 0 Å². The van der Waals surface area contributed by atoms with Crippen molar-refractivity contribution in [2.75, 3.05) is 11.9 Å². The molecule has 118 valence electrons. The summed E-state index contributed by atoms with van der Waals surface area (Å²) < 4.78 is 11.9. The summed E-state index contributed by atoms with van der Waals surface area (Å²) in [7, 11) is 1.22. The number of hydrogen-bond donors (Lipinski definition) is 0. The third-order valence-electron chi connectivity index (χ3n) is 2.79. The van der Waals surface area contributed by atoms with E-state index in [0.29, 0.717) is 0 Å². The third-order valence-corrected chi connectivity index (χ3v) is 4.17. The van der Waals surface area contributed by atoms with Crippen LogP contribution in [-0.2, 0) is 4.79 Å². The standard InChI is InChI=1S/C12H8Cl4FN3O2/c1-19-9(21)8(18-10(13)12(14,15)16)20(11(19)22)7-5-3-2-4-6(7)17/h2-5,10H,1H3/b18-8+. The molecule has 1 heterocycles. The van der Waals surface area contributed by atoms with Crippen LogP contribution in [0.5, 0.6) is 0 Å². The molecule has 0 radical (unpaired) electrons. The Balaban J connectivity index is 2.54. The largest absolute Gasteiger partial charge is 0.337 e. The highest BCUT2D eigenvalue weighted by atomic mass is 35.6. The number of amidine groups is 1. The molecule has 1 aliphatic heterocycles. The topological polar surface area (TPSA) is 53.0 Å². The smallest absolute Gasteiger partial charge is 0.265 e. The Morgan fingerprint density at radius 2 is 1.82 bits per heavy atom. The number of anilines is 1. The van der Waals surface area contributed by atoms with Gasteiger partial charge in [-0.1, -0.05) is 58.5 Å². The molecule has 5 nitrogen and oxygen atoms in total. The second-order valence-corrected chi connectivity index (χ2v) is 7.05. The first kappa shape index (κ1) is 17.3. The summed E-state index contributed by atoms with van der Waals surface area (Å²) in [6, 6.07) is 4.60. The number of hydrogen-bond acceptors (Lipinski definition) is 3. The van der Waals surface area contributed by atoms with E-state index in [9.17, 15) is 14.0 Å². The zero-order valence-corrected chi connectivity index (χ0v) is 14.0. The lowest BCUT2D eigenvalue weighted by Crippen LogP contribution is -2.33. The number of nitrogens with zero attached hydrogens (tertiary/aromatic N) is 3. The minimum Gasteiger partial charge on any atom is -0.265 e. The summed E-state index contributed by atoms with van der Waals surface area (Å²) >= 11 is 22.6. The van der Waals surface area contributed by atoms with Crippen LogP contribution in [0.3, 0.4) is 0 Å². The summed E-state index contributed by atoms with van der Waals surface area (Å²) in [5.41, 5.74) is -1.60. The number of imide groups is 1. The third kappa shape index (κ3) is 3.15. The molecule has 3 amide bonds. The van der Waals surface area contributed by atoms with E-state index in [2.05, 4.69) is 4.99 Å². The van der Waals surface area contributed by atoms with Gasteiger partial charge in [0.25, 0.3) is 5.91 Å². The van der Waals surface area contributed by atoms with Gasteiger partial charge in [-0.3, -0.25) is 9.69 Å². The number of carbonyl (C=O) groups excluding carboxylic acids is 2. The number of rotatable bonds is 2. The van der Waals surface area contributed by atoms with E-state index in [4.69, 9.17) is 46.4 Å². The number of urea groups is 1. The van der Waals surface area contributed by atoms with Crippen molar-refractivity contribution in [2.45, 2.75) is 9.29 Å². The minimum atomic E-state index is -2.00. The van der Waals surface area contributed by atoms with Crippen LogP contribution in [0.4, 0.5) is 14.9 Å². The monoisotopic (exact) mass is 385 g/mol. The number of alkyl halides is 4. The molecule has 0 bridgehead atoms. The fraction of sp³-hybridized carbons (Fsp3) is 0.250. The Morgan fingerprint density at radius 1 is 1.23 bits per heavy atom. The Morgan fingerprint density at radius 3 is 2.36 bits per heavy atom. The van der Waals surface area contributed by atoms with Gasteiger partial charge in [0.05, 0.1) is 5.69 Å². The molecule has 1 saturated heterocycles. The number of likely N-dealkylation sites (N-methyl/N-ethyl adjacent to an activating group) is 1. The molecule has 0 aromatic heterocycles. The molecule has 1 atom stereocenters. The van der Waals surface area contributed by atoms with Gasteiger partial charge in [0, 0.05) is 7.05 Å². The maximum atomic E-state index is 13.9. The van der Waals surface area contributed by atoms with E-state index in [1.165, 1.54) is 25.2 Å². The Kier molecular flexibility index (Phi) is 4.87. The van der Waals surface area contributed by atoms with E-state index in [-0.39, 0.29) is 5.69 Å². The molecule has 1 aromatic rings. The molecular weight excluding hydrogens is 379 g/mol. The van der Waals surface area contributed by atoms with Gasteiger partial charge >= 0.3 is 6.03 Å². The summed E-state index contributed by atoms with van der Waals surface area (Å²) in [5.74, 6) is -1.93. The van der Waals surface area contributed by atoms with Crippen LogP contribution in [0.2, 0.25) is 0 Å². The van der Waals surface area contributed by atoms with Gasteiger partial charge in [-0.15, -0.1) is 0 Å². The molecule has 1 aliphatic rings. The van der Waals surface area contributed by atoms with Gasteiger partial charge in [0.15, 0.2) is 5.50 Å². The molecule has 1 unspecified atom stereocenters. The quantitative estimate of drug-likeness (QED) is 0.443. The Bertz CT molecular complexity index is 662. The molecule has 0 spiro atoms. The minimum absolute atomic E-state index is 0.155. The molecule has 2 rings (SSSR count). The molecule has 22 heavy (non-hydrogen) atoms. The molecule has 0 aliphatic carbocycles. The number of benzene rings is 1. The van der Waals surface area contributed by atoms with Crippen LogP contribution >= 0.6 is 46.4 Å². The maximum absolute atomic E-state index is 13.9. The van der Waals surface area contributed by atoms with E-state index >= 15 is 0 Å². The summed E-state index contributed by atoms with van der Waals surface area (Å²) in [6.07, 6.45) is 0. The first-order valence-corrected chi connectivity index (χ1v) is 7.37. The predicted octanol–water partition coefficient (Wildman–Crippen LogP) is 3.56. The highest BCUT2D eigenvalue weighted by Crippen LogP contribution is 2.35. The van der Waals surface area contributed by atoms with E-state index < -0.39 is 32.9 Å². The van der Waals surface area contributed by atoms with E-state index in [0.717, 1.165) is 15.9 Å². The van der Waals surface area contributed by atoms with Crippen molar-refractivity contribution in [3.63, 3.8) is 0 Å².